The molecule has 0 saturated heterocycles. The Balaban J connectivity index is 2.45. The van der Waals surface area contributed by atoms with Crippen molar-refractivity contribution >= 4 is 0 Å². The molecule has 0 aliphatic carbocycles. The molecule has 21 heavy (non-hydrogen) atoms. The van der Waals surface area contributed by atoms with E-state index in [1.54, 1.807) is 13.2 Å². The topological polar surface area (TPSA) is 63.9 Å². The molecule has 0 spiro atoms. The summed E-state index contributed by atoms with van der Waals surface area (Å²) < 4.78 is 18.9. The fourth-order valence-corrected chi connectivity index (χ4v) is 2.30. The molecule has 0 saturated carbocycles. The summed E-state index contributed by atoms with van der Waals surface area (Å²) >= 11 is 0. The highest BCUT2D eigenvalue weighted by molar-refractivity contribution is 5.41. The molecule has 2 rings (SSSR count). The van der Waals surface area contributed by atoms with Crippen LogP contribution in [-0.4, -0.2) is 23.9 Å². The number of methoxy groups -OCH3 is 1. The van der Waals surface area contributed by atoms with Crippen LogP contribution in [0.1, 0.15) is 43.6 Å². The lowest BCUT2D eigenvalue weighted by atomic mass is 9.89. The predicted molar refractivity (Wildman–Crippen MR) is 81.1 cm³/mol. The second-order valence-electron chi connectivity index (χ2n) is 6.13. The predicted octanol–water partition coefficient (Wildman–Crippen LogP) is 2.95. The maximum Gasteiger partial charge on any atom is 0.123 e. The zero-order valence-electron chi connectivity index (χ0n) is 12.9. The van der Waals surface area contributed by atoms with Crippen molar-refractivity contribution in [2.75, 3.05) is 13.7 Å². The van der Waals surface area contributed by atoms with Crippen LogP contribution in [0, 0.1) is 5.82 Å². The second kappa shape index (κ2) is 5.85. The van der Waals surface area contributed by atoms with Crippen molar-refractivity contribution in [1.29, 1.82) is 0 Å². The average Bonchev–Trinajstić information content (AvgIpc) is 2.89. The molecule has 0 aliphatic rings. The van der Waals surface area contributed by atoms with E-state index in [9.17, 15) is 4.39 Å². The van der Waals surface area contributed by atoms with Crippen molar-refractivity contribution < 1.29 is 9.13 Å². The Morgan fingerprint density at radius 2 is 2.05 bits per heavy atom. The van der Waals surface area contributed by atoms with Gasteiger partial charge in [-0.25, -0.2) is 4.39 Å². The molecule has 1 unspecified atom stereocenters. The van der Waals surface area contributed by atoms with E-state index in [-0.39, 0.29) is 17.2 Å². The number of H-pyrrole nitrogens is 1. The zero-order valence-corrected chi connectivity index (χ0v) is 12.9. The molecule has 114 valence electrons. The number of hydrogen-bond acceptors (Lipinski definition) is 3. The van der Waals surface area contributed by atoms with E-state index in [1.165, 1.54) is 12.1 Å². The minimum Gasteiger partial charge on any atom is -0.496 e. The van der Waals surface area contributed by atoms with Crippen molar-refractivity contribution in [1.82, 2.24) is 10.2 Å². The molecule has 0 radical (unpaired) electrons. The third-order valence-corrected chi connectivity index (χ3v) is 3.54. The Morgan fingerprint density at radius 3 is 2.57 bits per heavy atom. The zero-order chi connectivity index (χ0) is 15.6. The van der Waals surface area contributed by atoms with Gasteiger partial charge in [0, 0.05) is 29.1 Å². The van der Waals surface area contributed by atoms with Crippen LogP contribution >= 0.6 is 0 Å². The van der Waals surface area contributed by atoms with Gasteiger partial charge in [-0.05, 0) is 24.3 Å². The first-order valence-electron chi connectivity index (χ1n) is 6.96. The van der Waals surface area contributed by atoms with E-state index < -0.39 is 0 Å². The highest BCUT2D eigenvalue weighted by Crippen LogP contribution is 2.32. The highest BCUT2D eigenvalue weighted by atomic mass is 19.1. The standard InChI is InChI=1S/C16H22FN3O/c1-16(2,3)15-8-13(19-20-15)12(9-18)11-7-10(17)5-6-14(11)21-4/h5-8,12H,9,18H2,1-4H3,(H,19,20). The summed E-state index contributed by atoms with van der Waals surface area (Å²) in [5, 5.41) is 7.37. The first-order valence-corrected chi connectivity index (χ1v) is 6.96. The number of aromatic amines is 1. The summed E-state index contributed by atoms with van der Waals surface area (Å²) in [7, 11) is 1.57. The maximum atomic E-state index is 13.6. The smallest absolute Gasteiger partial charge is 0.123 e. The van der Waals surface area contributed by atoms with Gasteiger partial charge in [0.2, 0.25) is 0 Å². The van der Waals surface area contributed by atoms with Gasteiger partial charge < -0.3 is 10.5 Å². The van der Waals surface area contributed by atoms with Gasteiger partial charge >= 0.3 is 0 Å². The SMILES string of the molecule is COc1ccc(F)cc1C(CN)c1cc(C(C)(C)C)n[nH]1. The third kappa shape index (κ3) is 3.24. The van der Waals surface area contributed by atoms with Gasteiger partial charge in [0.05, 0.1) is 12.8 Å². The Bertz CT molecular complexity index is 616. The normalized spacial score (nSPS) is 13.2. The van der Waals surface area contributed by atoms with Crippen molar-refractivity contribution in [3.05, 3.63) is 47.0 Å². The fraction of sp³-hybridized carbons (Fsp3) is 0.438. The van der Waals surface area contributed by atoms with E-state index in [1.807, 2.05) is 6.07 Å². The number of halogens is 1. The number of hydrogen-bond donors (Lipinski definition) is 2. The molecule has 1 atom stereocenters. The number of nitrogens with zero attached hydrogens (tertiary/aromatic N) is 1. The maximum absolute atomic E-state index is 13.6. The lowest BCUT2D eigenvalue weighted by Crippen LogP contribution is -2.15. The summed E-state index contributed by atoms with van der Waals surface area (Å²) in [6.07, 6.45) is 0. The minimum absolute atomic E-state index is 0.0556. The van der Waals surface area contributed by atoms with Crippen LogP contribution < -0.4 is 10.5 Å². The summed E-state index contributed by atoms with van der Waals surface area (Å²) in [6.45, 7) is 6.61. The molecular formula is C16H22FN3O. The molecule has 3 N–H and O–H groups in total. The Kier molecular flexibility index (Phi) is 4.32. The van der Waals surface area contributed by atoms with Crippen LogP contribution in [0.25, 0.3) is 0 Å². The van der Waals surface area contributed by atoms with Gasteiger partial charge in [0.1, 0.15) is 11.6 Å². The van der Waals surface area contributed by atoms with Crippen LogP contribution in [0.3, 0.4) is 0 Å². The van der Waals surface area contributed by atoms with Crippen LogP contribution in [0.4, 0.5) is 4.39 Å². The largest absolute Gasteiger partial charge is 0.496 e. The number of nitrogens with two attached hydrogens (primary N) is 1. The molecule has 1 aromatic heterocycles. The quantitative estimate of drug-likeness (QED) is 0.910. The molecule has 2 aromatic rings. The summed E-state index contributed by atoms with van der Waals surface area (Å²) in [5.41, 5.74) is 8.39. The van der Waals surface area contributed by atoms with Crippen molar-refractivity contribution in [3.8, 4) is 5.75 Å². The van der Waals surface area contributed by atoms with Gasteiger partial charge in [-0.3, -0.25) is 5.10 Å². The second-order valence-corrected chi connectivity index (χ2v) is 6.13. The van der Waals surface area contributed by atoms with Crippen LogP contribution in [-0.2, 0) is 5.41 Å². The van der Waals surface area contributed by atoms with Crippen LogP contribution in [0.2, 0.25) is 0 Å². The Hall–Kier alpha value is -1.88. The third-order valence-electron chi connectivity index (χ3n) is 3.54. The van der Waals surface area contributed by atoms with Gasteiger partial charge in [0.25, 0.3) is 0 Å². The van der Waals surface area contributed by atoms with Crippen LogP contribution in [0.5, 0.6) is 5.75 Å². The lowest BCUT2D eigenvalue weighted by Gasteiger charge is -2.17. The van der Waals surface area contributed by atoms with Crippen molar-refractivity contribution in [2.24, 2.45) is 5.73 Å². The fourth-order valence-electron chi connectivity index (χ4n) is 2.30. The summed E-state index contributed by atoms with van der Waals surface area (Å²) in [6, 6.07) is 6.45. The van der Waals surface area contributed by atoms with Crippen molar-refractivity contribution in [2.45, 2.75) is 32.1 Å². The van der Waals surface area contributed by atoms with Gasteiger partial charge in [-0.15, -0.1) is 0 Å². The van der Waals surface area contributed by atoms with Gasteiger partial charge in [-0.1, -0.05) is 20.8 Å². The van der Waals surface area contributed by atoms with Gasteiger partial charge in [0.15, 0.2) is 0 Å². The number of ether oxygens (including phenoxy) is 1. The first kappa shape index (κ1) is 15.5. The van der Waals surface area contributed by atoms with E-state index >= 15 is 0 Å². The molecule has 1 heterocycles. The lowest BCUT2D eigenvalue weighted by molar-refractivity contribution is 0.406. The molecule has 0 bridgehead atoms. The molecule has 0 aliphatic heterocycles. The Morgan fingerprint density at radius 1 is 1.33 bits per heavy atom. The molecule has 0 amide bonds. The van der Waals surface area contributed by atoms with E-state index in [0.29, 0.717) is 12.3 Å². The molecule has 5 heteroatoms. The van der Waals surface area contributed by atoms with E-state index in [2.05, 4.69) is 31.0 Å². The Labute approximate surface area is 124 Å². The molecule has 4 nitrogen and oxygen atoms in total. The summed E-state index contributed by atoms with van der Waals surface area (Å²) in [5.74, 6) is 0.137. The molecule has 0 fully saturated rings. The molecule has 1 aromatic carbocycles. The number of nitrogens with one attached hydrogen (secondary N) is 1. The van der Waals surface area contributed by atoms with Gasteiger partial charge in [-0.2, -0.15) is 5.10 Å². The summed E-state index contributed by atoms with van der Waals surface area (Å²) in [4.78, 5) is 0. The van der Waals surface area contributed by atoms with E-state index in [0.717, 1.165) is 17.0 Å². The van der Waals surface area contributed by atoms with Crippen LogP contribution in [0.15, 0.2) is 24.3 Å². The number of benzene rings is 1. The highest BCUT2D eigenvalue weighted by Gasteiger charge is 2.23. The van der Waals surface area contributed by atoms with E-state index in [4.69, 9.17) is 10.5 Å². The van der Waals surface area contributed by atoms with Crippen molar-refractivity contribution in [3.63, 3.8) is 0 Å². The number of aromatic nitrogens is 2. The monoisotopic (exact) mass is 291 g/mol. The number of rotatable bonds is 4. The average molecular weight is 291 g/mol. The first-order chi connectivity index (χ1) is 9.86. The molecular weight excluding hydrogens is 269 g/mol. The minimum atomic E-state index is -0.306.